The van der Waals surface area contributed by atoms with Crippen LogP contribution >= 0.6 is 0 Å². The van der Waals surface area contributed by atoms with Crippen molar-refractivity contribution in [3.63, 3.8) is 0 Å². The molecule has 3 saturated heterocycles. The molecule has 0 radical (unpaired) electrons. The van der Waals surface area contributed by atoms with Crippen molar-refractivity contribution < 1.29 is 23.5 Å². The fourth-order valence-corrected chi connectivity index (χ4v) is 5.40. The number of ketones is 2. The van der Waals surface area contributed by atoms with Gasteiger partial charge in [0.2, 0.25) is 6.29 Å². The summed E-state index contributed by atoms with van der Waals surface area (Å²) < 4.78 is 24.8. The zero-order valence-electron chi connectivity index (χ0n) is 15.4. The summed E-state index contributed by atoms with van der Waals surface area (Å²) in [4.78, 5) is 28.8. The van der Waals surface area contributed by atoms with E-state index < -0.39 is 18.1 Å². The van der Waals surface area contributed by atoms with Gasteiger partial charge in [0.15, 0.2) is 11.6 Å². The number of nitrogens with zero attached hydrogens (tertiary/aromatic N) is 1. The molecular formula is C23H18FNO4. The van der Waals surface area contributed by atoms with Gasteiger partial charge in [0.25, 0.3) is 0 Å². The molecule has 3 fully saturated rings. The van der Waals surface area contributed by atoms with Gasteiger partial charge in [-0.25, -0.2) is 4.39 Å². The van der Waals surface area contributed by atoms with E-state index in [2.05, 4.69) is 0 Å². The fourth-order valence-electron chi connectivity index (χ4n) is 5.40. The van der Waals surface area contributed by atoms with E-state index in [9.17, 15) is 14.0 Å². The van der Waals surface area contributed by atoms with Crippen LogP contribution in [0.3, 0.4) is 0 Å². The highest BCUT2D eigenvalue weighted by molar-refractivity contribution is 6.02. The van der Waals surface area contributed by atoms with E-state index in [1.54, 1.807) is 0 Å². The van der Waals surface area contributed by atoms with Crippen LogP contribution in [0.5, 0.6) is 0 Å². The first-order valence-electron chi connectivity index (χ1n) is 9.78. The molecule has 0 saturated carbocycles. The van der Waals surface area contributed by atoms with Crippen LogP contribution in [0.15, 0.2) is 54.7 Å². The highest BCUT2D eigenvalue weighted by Crippen LogP contribution is 2.54. The molecule has 5 nitrogen and oxygen atoms in total. The smallest absolute Gasteiger partial charge is 0.218 e. The van der Waals surface area contributed by atoms with Gasteiger partial charge in [0, 0.05) is 17.7 Å². The van der Waals surface area contributed by atoms with Crippen LogP contribution in [0.4, 0.5) is 4.39 Å². The Morgan fingerprint density at radius 2 is 1.90 bits per heavy atom. The van der Waals surface area contributed by atoms with Crippen LogP contribution in [-0.2, 0) is 14.3 Å². The van der Waals surface area contributed by atoms with Crippen molar-refractivity contribution in [1.82, 2.24) is 4.90 Å². The van der Waals surface area contributed by atoms with Crippen LogP contribution in [0.2, 0.25) is 0 Å². The molecule has 2 aromatic carbocycles. The van der Waals surface area contributed by atoms with E-state index in [1.807, 2.05) is 41.4 Å². The van der Waals surface area contributed by atoms with Gasteiger partial charge < -0.3 is 14.4 Å². The summed E-state index contributed by atoms with van der Waals surface area (Å²) in [7, 11) is 0. The molecule has 0 spiro atoms. The van der Waals surface area contributed by atoms with Crippen molar-refractivity contribution >= 4 is 17.6 Å². The third-order valence-electron chi connectivity index (χ3n) is 6.60. The number of hydrogen-bond acceptors (Lipinski definition) is 5. The Balaban J connectivity index is 1.50. The van der Waals surface area contributed by atoms with Crippen molar-refractivity contribution in [1.29, 1.82) is 0 Å². The van der Waals surface area contributed by atoms with Crippen LogP contribution in [0.1, 0.15) is 27.5 Å². The molecule has 146 valence electrons. The molecular weight excluding hydrogens is 373 g/mol. The van der Waals surface area contributed by atoms with Crippen molar-refractivity contribution in [3.05, 3.63) is 77.2 Å². The van der Waals surface area contributed by atoms with E-state index in [1.165, 1.54) is 24.3 Å². The molecule has 4 aliphatic heterocycles. The van der Waals surface area contributed by atoms with E-state index in [4.69, 9.17) is 9.47 Å². The first-order chi connectivity index (χ1) is 14.1. The number of rotatable bonds is 2. The molecule has 2 aromatic rings. The van der Waals surface area contributed by atoms with Crippen molar-refractivity contribution in [2.24, 2.45) is 11.8 Å². The highest BCUT2D eigenvalue weighted by atomic mass is 19.1. The average Bonchev–Trinajstić information content (AvgIpc) is 3.33. The predicted molar refractivity (Wildman–Crippen MR) is 101 cm³/mol. The van der Waals surface area contributed by atoms with Gasteiger partial charge in [-0.15, -0.1) is 0 Å². The highest BCUT2D eigenvalue weighted by Gasteiger charge is 2.63. The molecule has 6 heteroatoms. The molecule has 6 rings (SSSR count). The van der Waals surface area contributed by atoms with Crippen molar-refractivity contribution in [3.8, 4) is 0 Å². The topological polar surface area (TPSA) is 55.8 Å². The van der Waals surface area contributed by atoms with Crippen LogP contribution in [0, 0.1) is 17.7 Å². The van der Waals surface area contributed by atoms with Crippen molar-refractivity contribution in [2.45, 2.75) is 24.5 Å². The second-order valence-electron chi connectivity index (χ2n) is 8.00. The lowest BCUT2D eigenvalue weighted by atomic mass is 9.75. The normalized spacial score (nSPS) is 34.0. The first kappa shape index (κ1) is 17.1. The Morgan fingerprint density at radius 1 is 1.10 bits per heavy atom. The third-order valence-corrected chi connectivity index (χ3v) is 6.60. The van der Waals surface area contributed by atoms with E-state index in [0.29, 0.717) is 12.2 Å². The molecule has 4 heterocycles. The van der Waals surface area contributed by atoms with Gasteiger partial charge in [-0.3, -0.25) is 9.59 Å². The minimum Gasteiger partial charge on any atom is -0.359 e. The number of halogens is 1. The molecule has 0 aromatic heterocycles. The summed E-state index contributed by atoms with van der Waals surface area (Å²) in [6.07, 6.45) is 2.73. The number of ether oxygens (including phenoxy) is 2. The molecule has 0 unspecified atom stereocenters. The van der Waals surface area contributed by atoms with Crippen LogP contribution in [0.25, 0.3) is 6.08 Å². The SMILES string of the molecule is O=C1[C@H]2OC[C@@H](O2)[C@@H]2[C@@H]1[C@@H]1c3ccccc3C=CN1[C@H]2C(=O)c1ccc(F)cc1. The summed E-state index contributed by atoms with van der Waals surface area (Å²) in [6, 6.07) is 12.7. The Hall–Kier alpha value is -2.83. The molecule has 2 bridgehead atoms. The number of carbonyl (C=O) groups excluding carboxylic acids is 2. The maximum Gasteiger partial charge on any atom is 0.218 e. The Kier molecular flexibility index (Phi) is 3.58. The molecule has 0 amide bonds. The summed E-state index contributed by atoms with van der Waals surface area (Å²) in [6.45, 7) is 0.302. The molecule has 0 aliphatic carbocycles. The largest absolute Gasteiger partial charge is 0.359 e. The van der Waals surface area contributed by atoms with Gasteiger partial charge in [-0.2, -0.15) is 0 Å². The molecule has 4 aliphatic rings. The standard InChI is InChI=1S/C23H18FNO4/c24-14-7-5-13(6-8-14)21(26)20-17-16-11-28-23(29-16)22(27)18(17)19-15-4-2-1-3-12(15)9-10-25(19)20/h1-10,16-20,23H,11H2/t16-,17-,18-,19+,20-,23+/m1/s1. The lowest BCUT2D eigenvalue weighted by Gasteiger charge is -2.34. The fraction of sp³-hybridized carbons (Fsp3) is 0.304. The van der Waals surface area contributed by atoms with E-state index >= 15 is 0 Å². The van der Waals surface area contributed by atoms with Gasteiger partial charge in [0.1, 0.15) is 5.82 Å². The minimum atomic E-state index is -0.846. The summed E-state index contributed by atoms with van der Waals surface area (Å²) >= 11 is 0. The number of Topliss-reactive ketones (excluding diaryl/α,β-unsaturated/α-hetero) is 2. The second kappa shape index (κ2) is 6.08. The number of carbonyl (C=O) groups is 2. The molecule has 6 atom stereocenters. The Labute approximate surface area is 166 Å². The number of benzene rings is 2. The number of hydrogen-bond donors (Lipinski definition) is 0. The zero-order valence-corrected chi connectivity index (χ0v) is 15.4. The average molecular weight is 391 g/mol. The lowest BCUT2D eigenvalue weighted by Crippen LogP contribution is -2.48. The summed E-state index contributed by atoms with van der Waals surface area (Å²) in [5.74, 6) is -1.33. The quantitative estimate of drug-likeness (QED) is 0.737. The van der Waals surface area contributed by atoms with E-state index in [0.717, 1.165) is 11.1 Å². The Morgan fingerprint density at radius 3 is 2.72 bits per heavy atom. The third kappa shape index (κ3) is 2.33. The van der Waals surface area contributed by atoms with Crippen LogP contribution in [-0.4, -0.2) is 41.5 Å². The van der Waals surface area contributed by atoms with Crippen LogP contribution < -0.4 is 0 Å². The maximum atomic E-state index is 13.6. The van der Waals surface area contributed by atoms with Gasteiger partial charge in [-0.1, -0.05) is 24.3 Å². The van der Waals surface area contributed by atoms with Gasteiger partial charge in [-0.05, 0) is 41.5 Å². The maximum absolute atomic E-state index is 13.6. The molecule has 0 N–H and O–H groups in total. The van der Waals surface area contributed by atoms with Gasteiger partial charge >= 0.3 is 0 Å². The van der Waals surface area contributed by atoms with E-state index in [-0.39, 0.29) is 35.5 Å². The summed E-state index contributed by atoms with van der Waals surface area (Å²) in [5.41, 5.74) is 2.51. The Bertz CT molecular complexity index is 1050. The lowest BCUT2D eigenvalue weighted by molar-refractivity contribution is -0.164. The zero-order chi connectivity index (χ0) is 19.7. The summed E-state index contributed by atoms with van der Waals surface area (Å²) in [5, 5.41) is 0. The predicted octanol–water partition coefficient (Wildman–Crippen LogP) is 2.97. The first-order valence-corrected chi connectivity index (χ1v) is 9.78. The monoisotopic (exact) mass is 391 g/mol. The van der Waals surface area contributed by atoms with Gasteiger partial charge in [0.05, 0.1) is 30.7 Å². The second-order valence-corrected chi connectivity index (χ2v) is 8.00. The molecule has 29 heavy (non-hydrogen) atoms. The minimum absolute atomic E-state index is 0.0988. The van der Waals surface area contributed by atoms with Crippen molar-refractivity contribution in [2.75, 3.05) is 6.61 Å². The number of fused-ring (bicyclic) bond motifs is 8.